The minimum absolute atomic E-state index is 0.00326. The van der Waals surface area contributed by atoms with E-state index >= 15 is 0 Å². The standard InChI is InChI=1S/C11H15F2NOS/c12-11(13)3-1-8(2-4-11)9(15)7-10-14-5-6-16-10/h5-6,8-9,15H,1-4,7H2. The molecular formula is C11H15F2NOS. The third kappa shape index (κ3) is 2.98. The lowest BCUT2D eigenvalue weighted by molar-refractivity contribution is -0.0619. The number of aromatic nitrogens is 1. The van der Waals surface area contributed by atoms with E-state index in [-0.39, 0.29) is 18.8 Å². The Hall–Kier alpha value is -0.550. The van der Waals surface area contributed by atoms with Gasteiger partial charge in [0.05, 0.1) is 11.1 Å². The molecule has 1 heterocycles. The lowest BCUT2D eigenvalue weighted by atomic mass is 9.82. The third-order valence-electron chi connectivity index (χ3n) is 3.17. The van der Waals surface area contributed by atoms with Crippen molar-refractivity contribution in [1.82, 2.24) is 4.98 Å². The van der Waals surface area contributed by atoms with E-state index in [1.54, 1.807) is 6.20 Å². The van der Waals surface area contributed by atoms with Gasteiger partial charge in [-0.1, -0.05) is 0 Å². The van der Waals surface area contributed by atoms with Crippen LogP contribution in [0.3, 0.4) is 0 Å². The molecule has 1 N–H and O–H groups in total. The van der Waals surface area contributed by atoms with Gasteiger partial charge in [-0.05, 0) is 18.8 Å². The van der Waals surface area contributed by atoms with E-state index in [2.05, 4.69) is 4.98 Å². The zero-order chi connectivity index (χ0) is 11.6. The number of aliphatic hydroxyl groups excluding tert-OH is 1. The lowest BCUT2D eigenvalue weighted by Crippen LogP contribution is -2.32. The summed E-state index contributed by atoms with van der Waals surface area (Å²) in [6.07, 6.45) is 2.32. The summed E-state index contributed by atoms with van der Waals surface area (Å²) in [5.74, 6) is -2.51. The van der Waals surface area contributed by atoms with Crippen LogP contribution in [0.2, 0.25) is 0 Å². The van der Waals surface area contributed by atoms with Gasteiger partial charge in [-0.15, -0.1) is 11.3 Å². The summed E-state index contributed by atoms with van der Waals surface area (Å²) < 4.78 is 25.9. The lowest BCUT2D eigenvalue weighted by Gasteiger charge is -2.30. The Labute approximate surface area is 97.3 Å². The molecule has 1 aromatic heterocycles. The maximum Gasteiger partial charge on any atom is 0.248 e. The van der Waals surface area contributed by atoms with E-state index < -0.39 is 12.0 Å². The molecule has 1 atom stereocenters. The first kappa shape index (κ1) is 11.9. The molecule has 0 amide bonds. The summed E-state index contributed by atoms with van der Waals surface area (Å²) in [6, 6.07) is 0. The zero-order valence-corrected chi connectivity index (χ0v) is 9.72. The molecule has 1 aromatic rings. The Balaban J connectivity index is 1.85. The third-order valence-corrected chi connectivity index (χ3v) is 3.98. The number of nitrogens with zero attached hydrogens (tertiary/aromatic N) is 1. The Morgan fingerprint density at radius 1 is 1.50 bits per heavy atom. The van der Waals surface area contributed by atoms with Crippen LogP contribution in [0, 0.1) is 5.92 Å². The summed E-state index contributed by atoms with van der Waals surface area (Å²) in [6.45, 7) is 0. The highest BCUT2D eigenvalue weighted by Crippen LogP contribution is 2.37. The van der Waals surface area contributed by atoms with Crippen molar-refractivity contribution in [1.29, 1.82) is 0 Å². The van der Waals surface area contributed by atoms with Crippen molar-refractivity contribution in [3.05, 3.63) is 16.6 Å². The number of halogens is 2. The molecule has 0 bridgehead atoms. The fourth-order valence-electron chi connectivity index (χ4n) is 2.15. The second-order valence-corrected chi connectivity index (χ2v) is 5.37. The van der Waals surface area contributed by atoms with Crippen LogP contribution in [0.1, 0.15) is 30.7 Å². The van der Waals surface area contributed by atoms with Crippen LogP contribution in [0.4, 0.5) is 8.78 Å². The predicted molar refractivity (Wildman–Crippen MR) is 58.7 cm³/mol. The van der Waals surface area contributed by atoms with Crippen molar-refractivity contribution in [3.8, 4) is 0 Å². The van der Waals surface area contributed by atoms with Gasteiger partial charge in [-0.2, -0.15) is 0 Å². The van der Waals surface area contributed by atoms with Crippen molar-refractivity contribution < 1.29 is 13.9 Å². The van der Waals surface area contributed by atoms with Gasteiger partial charge in [0, 0.05) is 30.8 Å². The van der Waals surface area contributed by atoms with Gasteiger partial charge in [0.15, 0.2) is 0 Å². The minimum Gasteiger partial charge on any atom is -0.392 e. The van der Waals surface area contributed by atoms with E-state index in [1.165, 1.54) is 11.3 Å². The average molecular weight is 247 g/mol. The predicted octanol–water partition coefficient (Wildman–Crippen LogP) is 2.87. The largest absolute Gasteiger partial charge is 0.392 e. The zero-order valence-electron chi connectivity index (χ0n) is 8.90. The smallest absolute Gasteiger partial charge is 0.248 e. The van der Waals surface area contributed by atoms with E-state index in [0.29, 0.717) is 19.3 Å². The number of aliphatic hydroxyl groups is 1. The second kappa shape index (κ2) is 4.75. The molecule has 1 unspecified atom stereocenters. The summed E-state index contributed by atoms with van der Waals surface area (Å²) in [5.41, 5.74) is 0. The highest BCUT2D eigenvalue weighted by molar-refractivity contribution is 7.09. The maximum absolute atomic E-state index is 12.9. The normalized spacial score (nSPS) is 23.2. The number of alkyl halides is 2. The fraction of sp³-hybridized carbons (Fsp3) is 0.727. The molecule has 1 aliphatic carbocycles. The fourth-order valence-corrected chi connectivity index (χ4v) is 2.81. The molecule has 0 aliphatic heterocycles. The Kier molecular flexibility index (Phi) is 3.54. The topological polar surface area (TPSA) is 33.1 Å². The van der Waals surface area contributed by atoms with Crippen molar-refractivity contribution >= 4 is 11.3 Å². The Bertz CT molecular complexity index is 319. The molecule has 1 fully saturated rings. The Morgan fingerprint density at radius 3 is 2.75 bits per heavy atom. The van der Waals surface area contributed by atoms with Crippen molar-refractivity contribution in [2.75, 3.05) is 0 Å². The highest BCUT2D eigenvalue weighted by atomic mass is 32.1. The summed E-state index contributed by atoms with van der Waals surface area (Å²) in [7, 11) is 0. The summed E-state index contributed by atoms with van der Waals surface area (Å²) >= 11 is 1.50. The first-order chi connectivity index (χ1) is 7.57. The van der Waals surface area contributed by atoms with Crippen molar-refractivity contribution in [3.63, 3.8) is 0 Å². The second-order valence-electron chi connectivity index (χ2n) is 4.39. The van der Waals surface area contributed by atoms with E-state index in [0.717, 1.165) is 5.01 Å². The van der Waals surface area contributed by atoms with Crippen LogP contribution in [0.5, 0.6) is 0 Å². The molecule has 1 saturated carbocycles. The average Bonchev–Trinajstić information content (AvgIpc) is 2.70. The van der Waals surface area contributed by atoms with Gasteiger partial charge < -0.3 is 5.11 Å². The van der Waals surface area contributed by atoms with Gasteiger partial charge in [0.1, 0.15) is 0 Å². The van der Waals surface area contributed by atoms with Crippen molar-refractivity contribution in [2.45, 2.75) is 44.1 Å². The molecule has 0 aromatic carbocycles. The molecule has 16 heavy (non-hydrogen) atoms. The molecule has 0 radical (unpaired) electrons. The highest BCUT2D eigenvalue weighted by Gasteiger charge is 2.37. The number of rotatable bonds is 3. The van der Waals surface area contributed by atoms with Gasteiger partial charge >= 0.3 is 0 Å². The molecule has 1 aliphatic rings. The Morgan fingerprint density at radius 2 is 2.19 bits per heavy atom. The molecule has 0 saturated heterocycles. The van der Waals surface area contributed by atoms with Gasteiger partial charge in [-0.3, -0.25) is 0 Å². The van der Waals surface area contributed by atoms with Crippen LogP contribution in [-0.4, -0.2) is 22.1 Å². The number of hydrogen-bond donors (Lipinski definition) is 1. The van der Waals surface area contributed by atoms with Crippen molar-refractivity contribution in [2.24, 2.45) is 5.92 Å². The van der Waals surface area contributed by atoms with Gasteiger partial charge in [0.2, 0.25) is 5.92 Å². The molecule has 90 valence electrons. The van der Waals surface area contributed by atoms with E-state index in [1.807, 2.05) is 5.38 Å². The van der Waals surface area contributed by atoms with Crippen LogP contribution >= 0.6 is 11.3 Å². The molecular weight excluding hydrogens is 232 g/mol. The van der Waals surface area contributed by atoms with Crippen LogP contribution in [-0.2, 0) is 6.42 Å². The number of thiazole rings is 1. The van der Waals surface area contributed by atoms with Crippen LogP contribution < -0.4 is 0 Å². The number of hydrogen-bond acceptors (Lipinski definition) is 3. The molecule has 2 rings (SSSR count). The monoisotopic (exact) mass is 247 g/mol. The van der Waals surface area contributed by atoms with E-state index in [9.17, 15) is 13.9 Å². The van der Waals surface area contributed by atoms with Crippen LogP contribution in [0.15, 0.2) is 11.6 Å². The van der Waals surface area contributed by atoms with E-state index in [4.69, 9.17) is 0 Å². The molecule has 0 spiro atoms. The quantitative estimate of drug-likeness (QED) is 0.891. The SMILES string of the molecule is OC(Cc1nccs1)C1CCC(F)(F)CC1. The van der Waals surface area contributed by atoms with Gasteiger partial charge in [-0.25, -0.2) is 13.8 Å². The summed E-state index contributed by atoms with van der Waals surface area (Å²) in [4.78, 5) is 4.09. The maximum atomic E-state index is 12.9. The van der Waals surface area contributed by atoms with Crippen LogP contribution in [0.25, 0.3) is 0 Å². The first-order valence-electron chi connectivity index (χ1n) is 5.51. The molecule has 2 nitrogen and oxygen atoms in total. The van der Waals surface area contributed by atoms with Gasteiger partial charge in [0.25, 0.3) is 0 Å². The minimum atomic E-state index is -2.52. The first-order valence-corrected chi connectivity index (χ1v) is 6.39. The molecule has 5 heteroatoms. The summed E-state index contributed by atoms with van der Waals surface area (Å²) in [5, 5.41) is 12.7.